The Balaban J connectivity index is 2.62. The molecule has 0 saturated carbocycles. The number of nitriles is 1. The second-order valence-electron chi connectivity index (χ2n) is 5.85. The number of rotatable bonds is 4. The summed E-state index contributed by atoms with van der Waals surface area (Å²) in [5.41, 5.74) is 1.87. The quantitative estimate of drug-likeness (QED) is 0.810. The second kappa shape index (κ2) is 6.14. The van der Waals surface area contributed by atoms with Gasteiger partial charge in [0.2, 0.25) is 0 Å². The van der Waals surface area contributed by atoms with Crippen LogP contribution in [0.5, 0.6) is 0 Å². The van der Waals surface area contributed by atoms with Crippen LogP contribution in [0.3, 0.4) is 0 Å². The first-order valence-electron chi connectivity index (χ1n) is 7.33. The van der Waals surface area contributed by atoms with Gasteiger partial charge in [-0.2, -0.15) is 10.4 Å². The van der Waals surface area contributed by atoms with E-state index in [1.807, 2.05) is 33.8 Å². The summed E-state index contributed by atoms with van der Waals surface area (Å²) >= 11 is 0. The van der Waals surface area contributed by atoms with Crippen molar-refractivity contribution < 1.29 is 9.53 Å². The maximum Gasteiger partial charge on any atom is 0.340 e. The number of pyridine rings is 1. The van der Waals surface area contributed by atoms with E-state index in [2.05, 4.69) is 10.1 Å². The Bertz CT molecular complexity index is 740. The fraction of sp³-hybridized carbons (Fsp3) is 0.500. The molecular formula is C16H20N4O2. The van der Waals surface area contributed by atoms with Gasteiger partial charge in [-0.3, -0.25) is 0 Å². The van der Waals surface area contributed by atoms with Crippen LogP contribution in [0, 0.1) is 11.3 Å². The molecule has 6 heteroatoms. The van der Waals surface area contributed by atoms with Gasteiger partial charge in [0.15, 0.2) is 11.8 Å². The number of carbonyl (C=O) groups is 1. The number of esters is 1. The minimum absolute atomic E-state index is 0.134. The number of hydrogen-bond acceptors (Lipinski definition) is 5. The molecule has 0 bridgehead atoms. The molecule has 2 heterocycles. The Morgan fingerprint density at radius 3 is 2.55 bits per heavy atom. The number of fused-ring (bicyclic) bond motifs is 1. The average Bonchev–Trinajstić information content (AvgIpc) is 2.89. The maximum absolute atomic E-state index is 12.3. The predicted molar refractivity (Wildman–Crippen MR) is 82.5 cm³/mol. The molecule has 0 amide bonds. The first-order valence-corrected chi connectivity index (χ1v) is 7.33. The van der Waals surface area contributed by atoms with Crippen LogP contribution in [0.15, 0.2) is 12.3 Å². The Morgan fingerprint density at radius 1 is 1.32 bits per heavy atom. The van der Waals surface area contributed by atoms with Crippen molar-refractivity contribution >= 4 is 17.0 Å². The van der Waals surface area contributed by atoms with Crippen molar-refractivity contribution in [2.45, 2.75) is 52.7 Å². The summed E-state index contributed by atoms with van der Waals surface area (Å²) in [7, 11) is 0. The van der Waals surface area contributed by atoms with E-state index < -0.39 is 12.1 Å². The van der Waals surface area contributed by atoms with Gasteiger partial charge in [-0.15, -0.1) is 0 Å². The lowest BCUT2D eigenvalue weighted by molar-refractivity contribution is 0.0437. The van der Waals surface area contributed by atoms with E-state index in [0.29, 0.717) is 16.6 Å². The zero-order chi connectivity index (χ0) is 16.4. The van der Waals surface area contributed by atoms with Crippen molar-refractivity contribution in [2.75, 3.05) is 0 Å². The molecule has 0 saturated heterocycles. The molecule has 0 unspecified atom stereocenters. The highest BCUT2D eigenvalue weighted by molar-refractivity contribution is 6.02. The summed E-state index contributed by atoms with van der Waals surface area (Å²) in [6, 6.07) is 3.76. The van der Waals surface area contributed by atoms with Crippen molar-refractivity contribution in [3.8, 4) is 6.07 Å². The average molecular weight is 300 g/mol. The van der Waals surface area contributed by atoms with E-state index in [1.165, 1.54) is 6.92 Å². The van der Waals surface area contributed by atoms with Gasteiger partial charge in [0.1, 0.15) is 6.07 Å². The zero-order valence-corrected chi connectivity index (χ0v) is 13.5. The molecule has 2 rings (SSSR count). The van der Waals surface area contributed by atoms with Crippen LogP contribution in [-0.2, 0) is 4.74 Å². The van der Waals surface area contributed by atoms with E-state index >= 15 is 0 Å². The molecule has 6 nitrogen and oxygen atoms in total. The molecule has 2 aromatic heterocycles. The number of carbonyl (C=O) groups excluding carboxylic acids is 1. The Hall–Kier alpha value is -2.42. The fourth-order valence-corrected chi connectivity index (χ4v) is 2.13. The van der Waals surface area contributed by atoms with Gasteiger partial charge >= 0.3 is 5.97 Å². The molecule has 0 fully saturated rings. The lowest BCUT2D eigenvalue weighted by Crippen LogP contribution is -2.14. The predicted octanol–water partition coefficient (Wildman–Crippen LogP) is 3.20. The third-order valence-corrected chi connectivity index (χ3v) is 3.35. The number of aromatic nitrogens is 3. The largest absolute Gasteiger partial charge is 0.444 e. The minimum atomic E-state index is -0.793. The Morgan fingerprint density at radius 2 is 2.00 bits per heavy atom. The molecule has 0 aliphatic carbocycles. The molecule has 2 aromatic rings. The van der Waals surface area contributed by atoms with Crippen LogP contribution in [0.4, 0.5) is 0 Å². The Kier molecular flexibility index (Phi) is 4.45. The van der Waals surface area contributed by atoms with Gasteiger partial charge in [0, 0.05) is 11.7 Å². The third-order valence-electron chi connectivity index (χ3n) is 3.35. The summed E-state index contributed by atoms with van der Waals surface area (Å²) in [6.07, 6.45) is 0.832. The zero-order valence-electron chi connectivity index (χ0n) is 13.5. The van der Waals surface area contributed by atoms with Crippen molar-refractivity contribution in [2.24, 2.45) is 0 Å². The standard InChI is InChI=1S/C16H20N4O2/c1-9(2)14-6-12(16(21)22-11(5)7-17)13-8-18-20(10(3)4)15(13)19-14/h6,8-11H,1-5H3/t11-/m1/s1. The normalized spacial score (nSPS) is 12.6. The number of ether oxygens (including phenoxy) is 1. The first-order chi connectivity index (χ1) is 10.3. The van der Waals surface area contributed by atoms with Gasteiger partial charge in [-0.1, -0.05) is 13.8 Å². The molecule has 0 radical (unpaired) electrons. The summed E-state index contributed by atoms with van der Waals surface area (Å²) in [4.78, 5) is 17.0. The van der Waals surface area contributed by atoms with E-state index in [-0.39, 0.29) is 12.0 Å². The van der Waals surface area contributed by atoms with Crippen LogP contribution >= 0.6 is 0 Å². The molecule has 0 aromatic carbocycles. The molecule has 0 aliphatic heterocycles. The first kappa shape index (κ1) is 16.0. The van der Waals surface area contributed by atoms with Crippen molar-refractivity contribution in [1.29, 1.82) is 5.26 Å². The van der Waals surface area contributed by atoms with Crippen molar-refractivity contribution in [3.63, 3.8) is 0 Å². The van der Waals surface area contributed by atoms with Crippen molar-refractivity contribution in [3.05, 3.63) is 23.5 Å². The van der Waals surface area contributed by atoms with E-state index in [9.17, 15) is 4.79 Å². The summed E-state index contributed by atoms with van der Waals surface area (Å²) in [6.45, 7) is 9.57. The highest BCUT2D eigenvalue weighted by atomic mass is 16.5. The highest BCUT2D eigenvalue weighted by Crippen LogP contribution is 2.25. The Labute approximate surface area is 129 Å². The topological polar surface area (TPSA) is 80.8 Å². The molecule has 0 spiro atoms. The maximum atomic E-state index is 12.3. The van der Waals surface area contributed by atoms with E-state index in [4.69, 9.17) is 10.00 Å². The van der Waals surface area contributed by atoms with Gasteiger partial charge in [-0.25, -0.2) is 14.5 Å². The SMILES string of the molecule is CC(C)c1cc(C(=O)O[C@H](C)C#N)c2cnn(C(C)C)c2n1. The molecule has 0 aliphatic rings. The van der Waals surface area contributed by atoms with Gasteiger partial charge in [0.05, 0.1) is 17.1 Å². The number of nitrogens with zero attached hydrogens (tertiary/aromatic N) is 4. The van der Waals surface area contributed by atoms with Crippen LogP contribution in [0.25, 0.3) is 11.0 Å². The highest BCUT2D eigenvalue weighted by Gasteiger charge is 2.21. The number of hydrogen-bond donors (Lipinski definition) is 0. The van der Waals surface area contributed by atoms with Gasteiger partial charge < -0.3 is 4.74 Å². The second-order valence-corrected chi connectivity index (χ2v) is 5.85. The van der Waals surface area contributed by atoms with E-state index in [1.54, 1.807) is 16.9 Å². The summed E-state index contributed by atoms with van der Waals surface area (Å²) in [5, 5.41) is 13.8. The lowest BCUT2D eigenvalue weighted by atomic mass is 10.1. The smallest absolute Gasteiger partial charge is 0.340 e. The van der Waals surface area contributed by atoms with Crippen molar-refractivity contribution in [1.82, 2.24) is 14.8 Å². The monoisotopic (exact) mass is 300 g/mol. The van der Waals surface area contributed by atoms with E-state index in [0.717, 1.165) is 5.69 Å². The molecule has 22 heavy (non-hydrogen) atoms. The fourth-order valence-electron chi connectivity index (χ4n) is 2.13. The third kappa shape index (κ3) is 2.93. The minimum Gasteiger partial charge on any atom is -0.444 e. The molecule has 116 valence electrons. The molecule has 0 N–H and O–H groups in total. The van der Waals surface area contributed by atoms with Crippen LogP contribution in [0.1, 0.15) is 62.6 Å². The van der Waals surface area contributed by atoms with Crippen LogP contribution in [0.2, 0.25) is 0 Å². The van der Waals surface area contributed by atoms with Crippen LogP contribution in [-0.4, -0.2) is 26.8 Å². The lowest BCUT2D eigenvalue weighted by Gasteiger charge is -2.12. The molecular weight excluding hydrogens is 280 g/mol. The summed E-state index contributed by atoms with van der Waals surface area (Å²) in [5.74, 6) is -0.355. The molecule has 1 atom stereocenters. The van der Waals surface area contributed by atoms with Crippen LogP contribution < -0.4 is 0 Å². The van der Waals surface area contributed by atoms with Gasteiger partial charge in [-0.05, 0) is 32.8 Å². The van der Waals surface area contributed by atoms with Gasteiger partial charge in [0.25, 0.3) is 0 Å². The summed E-state index contributed by atoms with van der Waals surface area (Å²) < 4.78 is 6.92.